The maximum absolute atomic E-state index is 13.8. The van der Waals surface area contributed by atoms with Gasteiger partial charge in [-0.3, -0.25) is 4.79 Å². The lowest BCUT2D eigenvalue weighted by atomic mass is 9.98. The van der Waals surface area contributed by atoms with E-state index in [1.807, 2.05) is 63.4 Å². The van der Waals surface area contributed by atoms with E-state index in [9.17, 15) is 28.0 Å². The van der Waals surface area contributed by atoms with Gasteiger partial charge in [0.2, 0.25) is 15.9 Å². The fourth-order valence-electron chi connectivity index (χ4n) is 5.18. The predicted molar refractivity (Wildman–Crippen MR) is 192 cm³/mol. The first kappa shape index (κ1) is 39.7. The molecule has 3 amide bonds. The number of thiazole rings is 1. The normalized spacial score (nSPS) is 13.8. The van der Waals surface area contributed by atoms with Crippen molar-refractivity contribution in [2.24, 2.45) is 17.0 Å². The van der Waals surface area contributed by atoms with Crippen LogP contribution in [0.4, 0.5) is 4.79 Å². The minimum atomic E-state index is -4.06. The van der Waals surface area contributed by atoms with E-state index in [0.717, 1.165) is 16.3 Å². The van der Waals surface area contributed by atoms with Gasteiger partial charge in [0.1, 0.15) is 12.6 Å². The Morgan fingerprint density at radius 2 is 1.59 bits per heavy atom. The number of urea groups is 1. The molecule has 1 heterocycles. The Morgan fingerprint density at radius 3 is 2.14 bits per heavy atom. The number of hydrogen-bond acceptors (Lipinski definition) is 9. The highest BCUT2D eigenvalue weighted by atomic mass is 32.2. The lowest BCUT2D eigenvalue weighted by Gasteiger charge is -2.32. The van der Waals surface area contributed by atoms with Crippen LogP contribution in [0.25, 0.3) is 0 Å². The minimum absolute atomic E-state index is 0.0171. The van der Waals surface area contributed by atoms with Crippen molar-refractivity contribution in [3.63, 3.8) is 0 Å². The number of aliphatic hydroxyl groups excluding tert-OH is 1. The molecule has 2 aromatic carbocycles. The minimum Gasteiger partial charge on any atom is -0.390 e. The van der Waals surface area contributed by atoms with Crippen molar-refractivity contribution >= 4 is 33.3 Å². The molecule has 3 N–H and O–H groups in total. The molecule has 49 heavy (non-hydrogen) atoms. The second-order valence-electron chi connectivity index (χ2n) is 13.4. The molecular weight excluding hydrogens is 665 g/mol. The number of nitrogens with zero attached hydrogens (tertiary/aromatic N) is 4. The molecule has 0 aliphatic heterocycles. The molecule has 0 aliphatic carbocycles. The number of amides is 3. The van der Waals surface area contributed by atoms with Gasteiger partial charge in [-0.2, -0.15) is 9.21 Å². The third-order valence-electron chi connectivity index (χ3n) is 7.90. The van der Waals surface area contributed by atoms with Crippen LogP contribution >= 0.6 is 11.3 Å². The molecule has 3 aromatic rings. The van der Waals surface area contributed by atoms with E-state index < -0.39 is 40.1 Å². The van der Waals surface area contributed by atoms with Crippen molar-refractivity contribution in [1.29, 1.82) is 0 Å². The molecule has 268 valence electrons. The highest BCUT2D eigenvalue weighted by Gasteiger charge is 2.34. The van der Waals surface area contributed by atoms with Crippen molar-refractivity contribution in [2.45, 2.75) is 90.1 Å². The molecule has 14 heteroatoms. The van der Waals surface area contributed by atoms with Crippen molar-refractivity contribution in [3.8, 4) is 0 Å². The molecular formula is C35H50N6O6S2. The summed E-state index contributed by atoms with van der Waals surface area (Å²) in [5, 5.41) is 23.2. The van der Waals surface area contributed by atoms with Gasteiger partial charge in [-0.15, -0.1) is 11.3 Å². The van der Waals surface area contributed by atoms with Crippen LogP contribution in [-0.2, 0) is 34.3 Å². The van der Waals surface area contributed by atoms with E-state index in [1.165, 1.54) is 33.5 Å². The lowest BCUT2D eigenvalue weighted by molar-refractivity contribution is -0.125. The fraction of sp³-hybridized carbons (Fsp3) is 0.514. The van der Waals surface area contributed by atoms with Crippen LogP contribution in [0.1, 0.15) is 69.3 Å². The zero-order chi connectivity index (χ0) is 36.3. The zero-order valence-corrected chi connectivity index (χ0v) is 31.0. The van der Waals surface area contributed by atoms with Crippen molar-refractivity contribution in [3.05, 3.63) is 86.7 Å². The summed E-state index contributed by atoms with van der Waals surface area (Å²) in [6, 6.07) is 12.9. The van der Waals surface area contributed by atoms with Gasteiger partial charge in [0.25, 0.3) is 0 Å². The number of benzene rings is 2. The average molecular weight is 715 g/mol. The third kappa shape index (κ3) is 11.7. The van der Waals surface area contributed by atoms with Crippen LogP contribution < -0.4 is 10.6 Å². The first-order chi connectivity index (χ1) is 23.1. The Morgan fingerprint density at radius 1 is 0.939 bits per heavy atom. The standard InChI is InChI=1S/C35H50N6O6S2/c1-23(2)19-41(49(46,47)29-15-13-27(14-16-29)18-36-45)21-31(42)30(17-26-11-9-8-10-12-26)38-33(43)32(24(3)4)39-35(44)40(7)20-28-22-48-34(37-28)25(5)6/h8-16,22-25,30-32,42H,17-21H2,1-7H3,(H,38,43)(H,39,44)/t30-,31+,32-/m0/s1. The van der Waals surface area contributed by atoms with E-state index in [-0.39, 0.29) is 55.2 Å². The summed E-state index contributed by atoms with van der Waals surface area (Å²) < 4.78 is 28.8. The van der Waals surface area contributed by atoms with Crippen LogP contribution in [0, 0.1) is 16.7 Å². The highest BCUT2D eigenvalue weighted by Crippen LogP contribution is 2.22. The third-order valence-corrected chi connectivity index (χ3v) is 10.9. The number of carbonyl (C=O) groups is 2. The van der Waals surface area contributed by atoms with E-state index in [2.05, 4.69) is 34.6 Å². The molecule has 0 saturated heterocycles. The predicted octanol–water partition coefficient (Wildman–Crippen LogP) is 5.13. The second-order valence-corrected chi connectivity index (χ2v) is 16.2. The van der Waals surface area contributed by atoms with Gasteiger partial charge in [0, 0.05) is 31.4 Å². The first-order valence-electron chi connectivity index (χ1n) is 16.5. The molecule has 1 aromatic heterocycles. The van der Waals surface area contributed by atoms with Gasteiger partial charge < -0.3 is 20.6 Å². The molecule has 0 spiro atoms. The monoisotopic (exact) mass is 714 g/mol. The Bertz CT molecular complexity index is 1610. The number of rotatable bonds is 18. The second kappa shape index (κ2) is 18.3. The van der Waals surface area contributed by atoms with Crippen molar-refractivity contribution in [2.75, 3.05) is 20.1 Å². The van der Waals surface area contributed by atoms with Crippen LogP contribution in [-0.4, -0.2) is 78.0 Å². The van der Waals surface area contributed by atoms with Gasteiger partial charge in [0.05, 0.1) is 34.3 Å². The molecule has 0 radical (unpaired) electrons. The Balaban J connectivity index is 1.82. The number of aromatic nitrogens is 1. The number of aliphatic hydroxyl groups is 1. The van der Waals surface area contributed by atoms with Gasteiger partial charge in [0.15, 0.2) is 0 Å². The Labute approximate surface area is 294 Å². The lowest BCUT2D eigenvalue weighted by Crippen LogP contribution is -2.58. The summed E-state index contributed by atoms with van der Waals surface area (Å²) in [7, 11) is -2.42. The van der Waals surface area contributed by atoms with Gasteiger partial charge in [-0.05, 0) is 41.5 Å². The van der Waals surface area contributed by atoms with E-state index >= 15 is 0 Å². The van der Waals surface area contributed by atoms with Gasteiger partial charge >= 0.3 is 6.03 Å². The SMILES string of the molecule is CC(C)CN(C[C@@H](O)[C@H](Cc1ccccc1)NC(=O)[C@@H](NC(=O)N(C)Cc1csc(C(C)C)n1)C(C)C)S(=O)(=O)c1ccc(CN=O)cc1. The van der Waals surface area contributed by atoms with Crippen LogP contribution in [0.2, 0.25) is 0 Å². The Kier molecular flexibility index (Phi) is 14.9. The molecule has 0 unspecified atom stereocenters. The topological polar surface area (TPSA) is 161 Å². The quantitative estimate of drug-likeness (QED) is 0.154. The summed E-state index contributed by atoms with van der Waals surface area (Å²) in [5.41, 5.74) is 2.17. The maximum Gasteiger partial charge on any atom is 0.318 e. The summed E-state index contributed by atoms with van der Waals surface area (Å²) >= 11 is 1.54. The molecule has 0 saturated carbocycles. The number of carbonyl (C=O) groups excluding carboxylic acids is 2. The van der Waals surface area contributed by atoms with Gasteiger partial charge in [-0.1, -0.05) is 89.2 Å². The number of sulfonamides is 1. The summed E-state index contributed by atoms with van der Waals surface area (Å²) in [6.45, 7) is 11.5. The molecule has 0 bridgehead atoms. The fourth-order valence-corrected chi connectivity index (χ4v) is 7.63. The van der Waals surface area contributed by atoms with Crippen LogP contribution in [0.5, 0.6) is 0 Å². The van der Waals surface area contributed by atoms with E-state index in [4.69, 9.17) is 0 Å². The number of hydrogen-bond donors (Lipinski definition) is 3. The molecule has 0 fully saturated rings. The number of nitroso groups, excluding NO2 is 1. The van der Waals surface area contributed by atoms with Crippen LogP contribution in [0.3, 0.4) is 0 Å². The molecule has 0 aliphatic rings. The first-order valence-corrected chi connectivity index (χ1v) is 18.8. The average Bonchev–Trinajstić information content (AvgIpc) is 3.52. The van der Waals surface area contributed by atoms with Crippen molar-refractivity contribution in [1.82, 2.24) is 24.8 Å². The van der Waals surface area contributed by atoms with Crippen molar-refractivity contribution < 1.29 is 23.1 Å². The highest BCUT2D eigenvalue weighted by molar-refractivity contribution is 7.89. The zero-order valence-electron chi connectivity index (χ0n) is 29.4. The smallest absolute Gasteiger partial charge is 0.318 e. The largest absolute Gasteiger partial charge is 0.390 e. The molecule has 3 rings (SSSR count). The Hall–Kier alpha value is -3.72. The molecule has 3 atom stereocenters. The number of nitrogens with one attached hydrogen (secondary N) is 2. The maximum atomic E-state index is 13.8. The molecule has 12 nitrogen and oxygen atoms in total. The van der Waals surface area contributed by atoms with Gasteiger partial charge in [-0.25, -0.2) is 18.2 Å². The summed E-state index contributed by atoms with van der Waals surface area (Å²) in [4.78, 5) is 43.8. The summed E-state index contributed by atoms with van der Waals surface area (Å²) in [5.74, 6) is -0.581. The van der Waals surface area contributed by atoms with E-state index in [1.54, 1.807) is 18.4 Å². The summed E-state index contributed by atoms with van der Waals surface area (Å²) in [6.07, 6.45) is -1.08. The van der Waals surface area contributed by atoms with Crippen LogP contribution in [0.15, 0.2) is 70.0 Å². The van der Waals surface area contributed by atoms with E-state index in [0.29, 0.717) is 5.56 Å².